The molecule has 3 amide bonds. The van der Waals surface area contributed by atoms with Gasteiger partial charge < -0.3 is 25.4 Å². The van der Waals surface area contributed by atoms with Gasteiger partial charge in [-0.15, -0.1) is 0 Å². The summed E-state index contributed by atoms with van der Waals surface area (Å²) in [6.45, 7) is 9.18. The summed E-state index contributed by atoms with van der Waals surface area (Å²) >= 11 is 1.56. The fourth-order valence-corrected chi connectivity index (χ4v) is 4.82. The van der Waals surface area contributed by atoms with Crippen LogP contribution >= 0.6 is 11.8 Å². The van der Waals surface area contributed by atoms with Gasteiger partial charge in [-0.05, 0) is 76.2 Å². The summed E-state index contributed by atoms with van der Waals surface area (Å²) in [5.74, 6) is -0.108. The second-order valence-electron chi connectivity index (χ2n) is 10.8. The SMILES string of the molecule is CSCCC(NC(=O)OC(C)(C)C)C(=O)N(C(C(=O)Nc1ccccc1C)c1ccccc1O)C1CC1C. The van der Waals surface area contributed by atoms with Gasteiger partial charge in [-0.1, -0.05) is 43.3 Å². The monoisotopic (exact) mass is 541 g/mol. The fraction of sp³-hybridized carbons (Fsp3) is 0.483. The fourth-order valence-electron chi connectivity index (χ4n) is 4.35. The van der Waals surface area contributed by atoms with E-state index < -0.39 is 29.7 Å². The van der Waals surface area contributed by atoms with E-state index in [-0.39, 0.29) is 23.6 Å². The van der Waals surface area contributed by atoms with E-state index in [1.54, 1.807) is 61.7 Å². The number of phenols is 1. The van der Waals surface area contributed by atoms with Gasteiger partial charge in [0.1, 0.15) is 23.4 Å². The first-order valence-corrected chi connectivity index (χ1v) is 14.3. The molecule has 4 unspecified atom stereocenters. The Morgan fingerprint density at radius 1 is 1.13 bits per heavy atom. The summed E-state index contributed by atoms with van der Waals surface area (Å²) < 4.78 is 5.43. The second-order valence-corrected chi connectivity index (χ2v) is 11.8. The second kappa shape index (κ2) is 12.6. The van der Waals surface area contributed by atoms with E-state index in [4.69, 9.17) is 4.74 Å². The summed E-state index contributed by atoms with van der Waals surface area (Å²) in [6.07, 6.45) is 2.32. The van der Waals surface area contributed by atoms with E-state index in [1.807, 2.05) is 38.3 Å². The topological polar surface area (TPSA) is 108 Å². The van der Waals surface area contributed by atoms with Crippen molar-refractivity contribution in [2.24, 2.45) is 5.92 Å². The maximum atomic E-state index is 14.2. The number of aromatic hydroxyl groups is 1. The number of hydrogen-bond acceptors (Lipinski definition) is 6. The van der Waals surface area contributed by atoms with Gasteiger partial charge in [-0.3, -0.25) is 9.59 Å². The smallest absolute Gasteiger partial charge is 0.408 e. The minimum atomic E-state index is -1.10. The van der Waals surface area contributed by atoms with Gasteiger partial charge >= 0.3 is 6.09 Å². The number of aryl methyl sites for hydroxylation is 1. The highest BCUT2D eigenvalue weighted by molar-refractivity contribution is 7.98. The van der Waals surface area contributed by atoms with Crippen LogP contribution in [0.3, 0.4) is 0 Å². The Kier molecular flexibility index (Phi) is 9.71. The maximum Gasteiger partial charge on any atom is 0.408 e. The van der Waals surface area contributed by atoms with Crippen molar-refractivity contribution in [3.05, 3.63) is 59.7 Å². The molecule has 1 saturated carbocycles. The van der Waals surface area contributed by atoms with E-state index in [2.05, 4.69) is 10.6 Å². The predicted molar refractivity (Wildman–Crippen MR) is 151 cm³/mol. The Morgan fingerprint density at radius 2 is 1.76 bits per heavy atom. The highest BCUT2D eigenvalue weighted by Gasteiger charge is 2.48. The van der Waals surface area contributed by atoms with Crippen molar-refractivity contribution in [3.8, 4) is 5.75 Å². The lowest BCUT2D eigenvalue weighted by Crippen LogP contribution is -2.53. The molecule has 206 valence electrons. The number of nitrogens with zero attached hydrogens (tertiary/aromatic N) is 1. The van der Waals surface area contributed by atoms with Crippen molar-refractivity contribution in [1.82, 2.24) is 10.2 Å². The van der Waals surface area contributed by atoms with Crippen LogP contribution in [0.25, 0.3) is 0 Å². The number of carbonyl (C=O) groups is 3. The third-order valence-electron chi connectivity index (χ3n) is 6.44. The molecule has 38 heavy (non-hydrogen) atoms. The van der Waals surface area contributed by atoms with Crippen LogP contribution in [0.4, 0.5) is 10.5 Å². The van der Waals surface area contributed by atoms with Crippen molar-refractivity contribution in [2.45, 2.75) is 71.2 Å². The van der Waals surface area contributed by atoms with Crippen LogP contribution < -0.4 is 10.6 Å². The van der Waals surface area contributed by atoms with Crippen LogP contribution in [-0.2, 0) is 14.3 Å². The molecule has 2 aromatic carbocycles. The van der Waals surface area contributed by atoms with Gasteiger partial charge in [0.25, 0.3) is 5.91 Å². The molecular weight excluding hydrogens is 502 g/mol. The Balaban J connectivity index is 2.02. The number of amides is 3. The Bertz CT molecular complexity index is 1150. The van der Waals surface area contributed by atoms with Gasteiger partial charge in [0.2, 0.25) is 5.91 Å². The minimum Gasteiger partial charge on any atom is -0.508 e. The number of rotatable bonds is 10. The third-order valence-corrected chi connectivity index (χ3v) is 7.08. The van der Waals surface area contributed by atoms with Crippen molar-refractivity contribution in [2.75, 3.05) is 17.3 Å². The molecule has 0 bridgehead atoms. The first kappa shape index (κ1) is 29.4. The quantitative estimate of drug-likeness (QED) is 0.379. The highest BCUT2D eigenvalue weighted by atomic mass is 32.2. The number of phenolic OH excluding ortho intramolecular Hbond substituents is 1. The summed E-state index contributed by atoms with van der Waals surface area (Å²) in [5.41, 5.74) is 1.10. The van der Waals surface area contributed by atoms with Crippen LogP contribution in [0.5, 0.6) is 5.75 Å². The zero-order valence-electron chi connectivity index (χ0n) is 23.0. The van der Waals surface area contributed by atoms with E-state index in [0.29, 0.717) is 23.4 Å². The molecular formula is C29H39N3O5S. The van der Waals surface area contributed by atoms with Gasteiger partial charge in [-0.25, -0.2) is 4.79 Å². The number of hydrogen-bond donors (Lipinski definition) is 3. The summed E-state index contributed by atoms with van der Waals surface area (Å²) in [6, 6.07) is 11.7. The van der Waals surface area contributed by atoms with E-state index in [1.165, 1.54) is 6.07 Å². The number of alkyl carbamates (subject to hydrolysis) is 1. The number of anilines is 1. The lowest BCUT2D eigenvalue weighted by molar-refractivity contribution is -0.141. The van der Waals surface area contributed by atoms with E-state index in [0.717, 1.165) is 12.0 Å². The van der Waals surface area contributed by atoms with Crippen molar-refractivity contribution >= 4 is 35.4 Å². The summed E-state index contributed by atoms with van der Waals surface area (Å²) in [7, 11) is 0. The Morgan fingerprint density at radius 3 is 2.34 bits per heavy atom. The molecule has 2 aromatic rings. The molecule has 0 saturated heterocycles. The average Bonchev–Trinajstić information content (AvgIpc) is 3.56. The average molecular weight is 542 g/mol. The lowest BCUT2D eigenvalue weighted by Gasteiger charge is -2.35. The first-order chi connectivity index (χ1) is 17.9. The number of thioether (sulfide) groups is 1. The molecule has 0 aromatic heterocycles. The predicted octanol–water partition coefficient (Wildman–Crippen LogP) is 5.26. The molecule has 0 radical (unpaired) electrons. The van der Waals surface area contributed by atoms with Crippen molar-refractivity contribution in [1.29, 1.82) is 0 Å². The first-order valence-electron chi connectivity index (χ1n) is 12.9. The number of ether oxygens (including phenoxy) is 1. The Labute approximate surface area is 229 Å². The zero-order valence-corrected chi connectivity index (χ0v) is 23.8. The molecule has 4 atom stereocenters. The third kappa shape index (κ3) is 7.66. The number of benzene rings is 2. The van der Waals surface area contributed by atoms with Crippen LogP contribution in [0.2, 0.25) is 0 Å². The molecule has 3 rings (SSSR count). The molecule has 9 heteroatoms. The lowest BCUT2D eigenvalue weighted by atomic mass is 10.0. The summed E-state index contributed by atoms with van der Waals surface area (Å²) in [4.78, 5) is 42.4. The highest BCUT2D eigenvalue weighted by Crippen LogP contribution is 2.42. The van der Waals surface area contributed by atoms with Gasteiger partial charge in [0.05, 0.1) is 0 Å². The molecule has 0 aliphatic heterocycles. The maximum absolute atomic E-state index is 14.2. The molecule has 1 fully saturated rings. The normalized spacial score (nSPS) is 18.2. The largest absolute Gasteiger partial charge is 0.508 e. The molecule has 1 aliphatic carbocycles. The Hall–Kier alpha value is -3.20. The van der Waals surface area contributed by atoms with Gasteiger partial charge in [0, 0.05) is 17.3 Å². The van der Waals surface area contributed by atoms with Gasteiger partial charge in [0.15, 0.2) is 0 Å². The molecule has 3 N–H and O–H groups in total. The van der Waals surface area contributed by atoms with Crippen LogP contribution in [-0.4, -0.2) is 57.6 Å². The zero-order chi connectivity index (χ0) is 28.0. The number of nitrogens with one attached hydrogen (secondary N) is 2. The minimum absolute atomic E-state index is 0.0794. The number of carbonyl (C=O) groups excluding carboxylic acids is 3. The molecule has 0 spiro atoms. The van der Waals surface area contributed by atoms with E-state index >= 15 is 0 Å². The van der Waals surface area contributed by atoms with Crippen molar-refractivity contribution in [3.63, 3.8) is 0 Å². The van der Waals surface area contributed by atoms with Crippen molar-refractivity contribution < 1.29 is 24.2 Å². The summed E-state index contributed by atoms with van der Waals surface area (Å²) in [5, 5.41) is 16.5. The molecule has 8 nitrogen and oxygen atoms in total. The molecule has 0 heterocycles. The van der Waals surface area contributed by atoms with Crippen LogP contribution in [0, 0.1) is 12.8 Å². The van der Waals surface area contributed by atoms with Crippen LogP contribution in [0.15, 0.2) is 48.5 Å². The van der Waals surface area contributed by atoms with Gasteiger partial charge in [-0.2, -0.15) is 11.8 Å². The van der Waals surface area contributed by atoms with Crippen LogP contribution in [0.1, 0.15) is 57.7 Å². The van der Waals surface area contributed by atoms with E-state index in [9.17, 15) is 19.5 Å². The molecule has 1 aliphatic rings. The standard InChI is InChI=1S/C29H39N3O5S/c1-18-11-7-9-13-21(18)30-26(34)25(20-12-8-10-14-24(20)33)32(23-17-19(23)2)27(35)22(15-16-38-6)31-28(36)37-29(3,4)5/h7-14,19,22-23,25,33H,15-17H2,1-6H3,(H,30,34)(H,31,36). The number of para-hydroxylation sites is 2.